The van der Waals surface area contributed by atoms with Crippen molar-refractivity contribution in [3.05, 3.63) is 74.1 Å². The average Bonchev–Trinajstić information content (AvgIpc) is 2.58. The lowest BCUT2D eigenvalue weighted by atomic mass is 10.0. The number of methoxy groups -OCH3 is 1. The Balaban J connectivity index is 1.93. The number of rotatable bonds is 5. The van der Waals surface area contributed by atoms with E-state index in [4.69, 9.17) is 20.8 Å². The fourth-order valence-corrected chi connectivity index (χ4v) is 3.46. The molecule has 0 aliphatic carbocycles. The van der Waals surface area contributed by atoms with Crippen LogP contribution in [0.25, 0.3) is 11.0 Å². The highest BCUT2D eigenvalue weighted by Crippen LogP contribution is 2.24. The minimum Gasteiger partial charge on any atom is -0.496 e. The summed E-state index contributed by atoms with van der Waals surface area (Å²) in [6, 6.07) is 11.3. The van der Waals surface area contributed by atoms with Gasteiger partial charge in [-0.3, -0.25) is 0 Å². The van der Waals surface area contributed by atoms with Crippen molar-refractivity contribution in [3.63, 3.8) is 0 Å². The third kappa shape index (κ3) is 3.76. The first-order valence-corrected chi connectivity index (χ1v) is 8.93. The summed E-state index contributed by atoms with van der Waals surface area (Å²) < 4.78 is 10.9. The summed E-state index contributed by atoms with van der Waals surface area (Å²) in [5.41, 5.74) is 4.52. The lowest BCUT2D eigenvalue weighted by Crippen LogP contribution is -3.06. The van der Waals surface area contributed by atoms with E-state index in [9.17, 15) is 4.79 Å². The van der Waals surface area contributed by atoms with Gasteiger partial charge in [-0.25, -0.2) is 4.79 Å². The topological polar surface area (TPSA) is 43.9 Å². The summed E-state index contributed by atoms with van der Waals surface area (Å²) in [7, 11) is 3.74. The van der Waals surface area contributed by atoms with E-state index < -0.39 is 0 Å². The number of benzene rings is 2. The number of ether oxygens (including phenoxy) is 1. The predicted octanol–water partition coefficient (Wildman–Crippen LogP) is 3.29. The normalized spacial score (nSPS) is 12.3. The second kappa shape index (κ2) is 7.52. The number of nitrogens with one attached hydrogen (secondary N) is 1. The zero-order chi connectivity index (χ0) is 18.8. The largest absolute Gasteiger partial charge is 0.496 e. The Morgan fingerprint density at radius 1 is 1.08 bits per heavy atom. The van der Waals surface area contributed by atoms with Gasteiger partial charge in [-0.2, -0.15) is 0 Å². The molecule has 0 saturated heterocycles. The van der Waals surface area contributed by atoms with Gasteiger partial charge in [0.1, 0.15) is 24.4 Å². The van der Waals surface area contributed by atoms with E-state index in [-0.39, 0.29) is 5.63 Å². The molecule has 5 heteroatoms. The number of quaternary nitrogens is 1. The third-order valence-electron chi connectivity index (χ3n) is 4.74. The SMILES string of the molecule is COc1ccc(Cl)cc1C[NH+](C)Cc1cc(=O)oc2c(C)c(C)ccc12. The van der Waals surface area contributed by atoms with Crippen molar-refractivity contribution >= 4 is 22.6 Å². The maximum atomic E-state index is 12.0. The van der Waals surface area contributed by atoms with Crippen LogP contribution in [0.5, 0.6) is 5.75 Å². The zero-order valence-corrected chi connectivity index (χ0v) is 16.2. The number of fused-ring (bicyclic) bond motifs is 1. The van der Waals surface area contributed by atoms with Gasteiger partial charge < -0.3 is 14.1 Å². The van der Waals surface area contributed by atoms with Crippen LogP contribution >= 0.6 is 11.6 Å². The average molecular weight is 373 g/mol. The fourth-order valence-electron chi connectivity index (χ4n) is 3.27. The molecule has 1 N–H and O–H groups in total. The standard InChI is InChI=1S/C21H22ClNO3/c1-13-5-7-18-15(10-20(24)26-21(18)14(13)2)11-23(3)12-16-9-17(22)6-8-19(16)25-4/h5-10H,11-12H2,1-4H3/p+1. The highest BCUT2D eigenvalue weighted by atomic mass is 35.5. The molecule has 26 heavy (non-hydrogen) atoms. The van der Waals surface area contributed by atoms with Gasteiger partial charge in [0.2, 0.25) is 0 Å². The molecule has 0 bridgehead atoms. The monoisotopic (exact) mass is 372 g/mol. The fraction of sp³-hybridized carbons (Fsp3) is 0.286. The van der Waals surface area contributed by atoms with Crippen molar-refractivity contribution in [3.8, 4) is 5.75 Å². The molecule has 1 atom stereocenters. The molecule has 1 aromatic heterocycles. The summed E-state index contributed by atoms with van der Waals surface area (Å²) in [6.45, 7) is 5.43. The van der Waals surface area contributed by atoms with Crippen LogP contribution in [0.3, 0.4) is 0 Å². The lowest BCUT2D eigenvalue weighted by molar-refractivity contribution is -0.907. The molecule has 0 amide bonds. The van der Waals surface area contributed by atoms with Crippen molar-refractivity contribution in [1.82, 2.24) is 0 Å². The van der Waals surface area contributed by atoms with Gasteiger partial charge in [-0.05, 0) is 43.2 Å². The molecule has 0 saturated carbocycles. The minimum atomic E-state index is -0.311. The van der Waals surface area contributed by atoms with Gasteiger partial charge >= 0.3 is 5.63 Å². The first-order chi connectivity index (χ1) is 12.4. The first kappa shape index (κ1) is 18.5. The smallest absolute Gasteiger partial charge is 0.336 e. The number of hydrogen-bond donors (Lipinski definition) is 1. The molecule has 1 unspecified atom stereocenters. The third-order valence-corrected chi connectivity index (χ3v) is 4.98. The van der Waals surface area contributed by atoms with Gasteiger partial charge in [0.05, 0.1) is 14.2 Å². The van der Waals surface area contributed by atoms with Crippen LogP contribution in [0, 0.1) is 13.8 Å². The molecule has 0 radical (unpaired) electrons. The Labute approximate surface area is 158 Å². The van der Waals surface area contributed by atoms with Crippen LogP contribution in [0.15, 0.2) is 45.6 Å². The highest BCUT2D eigenvalue weighted by molar-refractivity contribution is 6.30. The van der Waals surface area contributed by atoms with Crippen LogP contribution in [-0.2, 0) is 13.1 Å². The van der Waals surface area contributed by atoms with Crippen molar-refractivity contribution in [2.75, 3.05) is 14.2 Å². The molecule has 3 aromatic rings. The van der Waals surface area contributed by atoms with Gasteiger partial charge in [-0.1, -0.05) is 23.7 Å². The second-order valence-electron chi connectivity index (χ2n) is 6.74. The van der Waals surface area contributed by atoms with Crippen molar-refractivity contribution < 1.29 is 14.1 Å². The molecule has 0 aliphatic heterocycles. The molecule has 1 heterocycles. The second-order valence-corrected chi connectivity index (χ2v) is 7.18. The van der Waals surface area contributed by atoms with Crippen molar-refractivity contribution in [2.45, 2.75) is 26.9 Å². The summed E-state index contributed by atoms with van der Waals surface area (Å²) in [5.74, 6) is 0.817. The van der Waals surface area contributed by atoms with E-state index in [0.717, 1.165) is 39.9 Å². The molecule has 136 valence electrons. The van der Waals surface area contributed by atoms with Gasteiger partial charge in [0.25, 0.3) is 0 Å². The predicted molar refractivity (Wildman–Crippen MR) is 104 cm³/mol. The van der Waals surface area contributed by atoms with Gasteiger partial charge in [-0.15, -0.1) is 0 Å². The van der Waals surface area contributed by atoms with Crippen LogP contribution in [0.4, 0.5) is 0 Å². The number of aryl methyl sites for hydroxylation is 2. The van der Waals surface area contributed by atoms with Crippen LogP contribution in [-0.4, -0.2) is 14.2 Å². The molecule has 0 spiro atoms. The van der Waals surface area contributed by atoms with E-state index >= 15 is 0 Å². The van der Waals surface area contributed by atoms with Crippen LogP contribution in [0.1, 0.15) is 22.3 Å². The van der Waals surface area contributed by atoms with Gasteiger partial charge in [0.15, 0.2) is 0 Å². The lowest BCUT2D eigenvalue weighted by Gasteiger charge is -2.17. The van der Waals surface area contributed by atoms with E-state index in [1.165, 1.54) is 4.90 Å². The van der Waals surface area contributed by atoms with Crippen LogP contribution < -0.4 is 15.3 Å². The maximum absolute atomic E-state index is 12.0. The first-order valence-electron chi connectivity index (χ1n) is 8.55. The Bertz CT molecular complexity index is 1010. The molecular weight excluding hydrogens is 350 g/mol. The molecule has 4 nitrogen and oxygen atoms in total. The molecule has 0 aliphatic rings. The summed E-state index contributed by atoms with van der Waals surface area (Å²) in [6.07, 6.45) is 0. The molecular formula is C21H23ClNO3+. The zero-order valence-electron chi connectivity index (χ0n) is 15.5. The molecule has 2 aromatic carbocycles. The minimum absolute atomic E-state index is 0.311. The van der Waals surface area contributed by atoms with E-state index in [1.54, 1.807) is 13.2 Å². The summed E-state index contributed by atoms with van der Waals surface area (Å²) in [4.78, 5) is 13.3. The van der Waals surface area contributed by atoms with E-state index in [2.05, 4.69) is 13.1 Å². The van der Waals surface area contributed by atoms with E-state index in [0.29, 0.717) is 17.2 Å². The number of hydrogen-bond acceptors (Lipinski definition) is 3. The molecule has 3 rings (SSSR count). The molecule has 0 fully saturated rings. The number of halogens is 1. The van der Waals surface area contributed by atoms with Crippen molar-refractivity contribution in [1.29, 1.82) is 0 Å². The van der Waals surface area contributed by atoms with Gasteiger partial charge in [0, 0.05) is 27.6 Å². The Hall–Kier alpha value is -2.30. The maximum Gasteiger partial charge on any atom is 0.336 e. The quantitative estimate of drug-likeness (QED) is 0.699. The highest BCUT2D eigenvalue weighted by Gasteiger charge is 2.15. The van der Waals surface area contributed by atoms with E-state index in [1.807, 2.05) is 38.1 Å². The summed E-state index contributed by atoms with van der Waals surface area (Å²) >= 11 is 6.13. The Morgan fingerprint density at radius 3 is 2.54 bits per heavy atom. The summed E-state index contributed by atoms with van der Waals surface area (Å²) in [5, 5.41) is 1.68. The van der Waals surface area contributed by atoms with Crippen molar-refractivity contribution in [2.24, 2.45) is 0 Å². The Morgan fingerprint density at radius 2 is 1.81 bits per heavy atom. The Kier molecular flexibility index (Phi) is 5.35. The van der Waals surface area contributed by atoms with Crippen LogP contribution in [0.2, 0.25) is 5.02 Å².